The molecule has 0 aliphatic rings. The first-order chi connectivity index (χ1) is 8.51. The molecule has 0 aliphatic heterocycles. The van der Waals surface area contributed by atoms with Gasteiger partial charge in [0.25, 0.3) is 0 Å². The highest BCUT2D eigenvalue weighted by Crippen LogP contribution is 1.82. The minimum atomic E-state index is 0.454. The summed E-state index contributed by atoms with van der Waals surface area (Å²) in [5.41, 5.74) is 6.88. The van der Waals surface area contributed by atoms with Crippen LogP contribution >= 0.6 is 24.4 Å². The molecule has 0 rings (SSSR count). The Hall–Kier alpha value is -1.28. The Labute approximate surface area is 119 Å². The molecule has 0 unspecified atom stereocenters. The zero-order valence-corrected chi connectivity index (χ0v) is 12.8. The third-order valence-corrected chi connectivity index (χ3v) is 2.47. The minimum Gasteiger partial charge on any atom is -0.364 e. The first-order valence-electron chi connectivity index (χ1n) is 5.61. The van der Waals surface area contributed by atoms with Crippen molar-refractivity contribution in [3.05, 3.63) is 0 Å². The molecule has 8 heteroatoms. The van der Waals surface area contributed by atoms with E-state index in [0.29, 0.717) is 10.2 Å². The van der Waals surface area contributed by atoms with Crippen molar-refractivity contribution in [1.29, 1.82) is 0 Å². The monoisotopic (exact) mass is 288 g/mol. The van der Waals surface area contributed by atoms with Gasteiger partial charge in [0.05, 0.1) is 11.4 Å². The maximum atomic E-state index is 5.03. The molecule has 0 aromatic heterocycles. The van der Waals surface area contributed by atoms with Crippen LogP contribution < -0.4 is 21.5 Å². The number of nitrogens with one attached hydrogen (secondary N) is 4. The molecular formula is C10H20N6S2. The number of hydrogen-bond donors (Lipinski definition) is 4. The summed E-state index contributed by atoms with van der Waals surface area (Å²) in [7, 11) is 1.72. The average Bonchev–Trinajstić information content (AvgIpc) is 2.38. The summed E-state index contributed by atoms with van der Waals surface area (Å²) in [6.07, 6.45) is 1.01. The lowest BCUT2D eigenvalue weighted by atomic mass is 10.3. The summed E-state index contributed by atoms with van der Waals surface area (Å²) >= 11 is 9.93. The molecule has 0 aliphatic carbocycles. The number of rotatable bonds is 5. The second-order valence-corrected chi connectivity index (χ2v) is 4.27. The Morgan fingerprint density at radius 1 is 1.00 bits per heavy atom. The normalized spacial score (nSPS) is 11.8. The van der Waals surface area contributed by atoms with Crippen molar-refractivity contribution in [2.45, 2.75) is 27.2 Å². The quantitative estimate of drug-likeness (QED) is 0.339. The molecule has 0 saturated carbocycles. The number of thiocarbonyl (C=S) groups is 2. The highest BCUT2D eigenvalue weighted by atomic mass is 32.1. The SMILES string of the molecule is CCCNC(=S)NN=C(C)C(C)=NNC(=S)NC. The van der Waals surface area contributed by atoms with Gasteiger partial charge in [0, 0.05) is 13.6 Å². The molecule has 0 fully saturated rings. The summed E-state index contributed by atoms with van der Waals surface area (Å²) < 4.78 is 0. The van der Waals surface area contributed by atoms with Gasteiger partial charge < -0.3 is 10.6 Å². The van der Waals surface area contributed by atoms with Crippen molar-refractivity contribution < 1.29 is 0 Å². The standard InChI is InChI=1S/C10H20N6S2/c1-5-6-12-10(18)16-14-8(3)7(2)13-15-9(17)11-4/h5-6H2,1-4H3,(H2,11,15,17)(H2,12,16,18). The van der Waals surface area contributed by atoms with Crippen LogP contribution in [0.5, 0.6) is 0 Å². The van der Waals surface area contributed by atoms with E-state index in [1.165, 1.54) is 0 Å². The minimum absolute atomic E-state index is 0.454. The lowest BCUT2D eigenvalue weighted by Crippen LogP contribution is -2.34. The van der Waals surface area contributed by atoms with E-state index in [9.17, 15) is 0 Å². The summed E-state index contributed by atoms with van der Waals surface area (Å²) in [6, 6.07) is 0. The topological polar surface area (TPSA) is 72.8 Å². The van der Waals surface area contributed by atoms with Crippen LogP contribution in [0.4, 0.5) is 0 Å². The van der Waals surface area contributed by atoms with Crippen molar-refractivity contribution in [1.82, 2.24) is 21.5 Å². The number of nitrogens with zero attached hydrogens (tertiary/aromatic N) is 2. The van der Waals surface area contributed by atoms with Gasteiger partial charge >= 0.3 is 0 Å². The van der Waals surface area contributed by atoms with Crippen LogP contribution in [-0.4, -0.2) is 35.2 Å². The molecule has 4 N–H and O–H groups in total. The van der Waals surface area contributed by atoms with Gasteiger partial charge in [0.1, 0.15) is 0 Å². The van der Waals surface area contributed by atoms with Gasteiger partial charge in [-0.05, 0) is 44.7 Å². The Bertz CT molecular complexity index is 350. The van der Waals surface area contributed by atoms with Gasteiger partial charge in [-0.1, -0.05) is 6.92 Å². The molecule has 18 heavy (non-hydrogen) atoms. The van der Waals surface area contributed by atoms with Crippen LogP contribution in [0, 0.1) is 0 Å². The Kier molecular flexibility index (Phi) is 9.03. The van der Waals surface area contributed by atoms with Crippen LogP contribution in [0.1, 0.15) is 27.2 Å². The molecule has 102 valence electrons. The van der Waals surface area contributed by atoms with E-state index in [0.717, 1.165) is 24.4 Å². The molecule has 0 spiro atoms. The molecule has 0 saturated heterocycles. The number of hydrogen-bond acceptors (Lipinski definition) is 4. The van der Waals surface area contributed by atoms with Gasteiger partial charge in [-0.3, -0.25) is 10.9 Å². The van der Waals surface area contributed by atoms with Gasteiger partial charge in [0.15, 0.2) is 10.2 Å². The van der Waals surface area contributed by atoms with Crippen LogP contribution in [0.2, 0.25) is 0 Å². The molecule has 0 aromatic rings. The maximum Gasteiger partial charge on any atom is 0.186 e. The zero-order valence-electron chi connectivity index (χ0n) is 11.1. The first kappa shape index (κ1) is 16.7. The first-order valence-corrected chi connectivity index (χ1v) is 6.43. The lowest BCUT2D eigenvalue weighted by molar-refractivity contribution is 0.816. The van der Waals surface area contributed by atoms with E-state index < -0.39 is 0 Å². The van der Waals surface area contributed by atoms with Gasteiger partial charge in [-0.15, -0.1) is 0 Å². The Balaban J connectivity index is 4.23. The fourth-order valence-electron chi connectivity index (χ4n) is 0.765. The third-order valence-electron chi connectivity index (χ3n) is 1.94. The van der Waals surface area contributed by atoms with E-state index in [1.54, 1.807) is 7.05 Å². The highest BCUT2D eigenvalue weighted by Gasteiger charge is 1.98. The van der Waals surface area contributed by atoms with Crippen LogP contribution in [0.3, 0.4) is 0 Å². The van der Waals surface area contributed by atoms with Crippen molar-refractivity contribution in [2.75, 3.05) is 13.6 Å². The second-order valence-electron chi connectivity index (χ2n) is 3.45. The van der Waals surface area contributed by atoms with Crippen molar-refractivity contribution in [2.24, 2.45) is 10.2 Å². The van der Waals surface area contributed by atoms with Gasteiger partial charge in [0.2, 0.25) is 0 Å². The number of hydrazone groups is 2. The maximum absolute atomic E-state index is 5.03. The Morgan fingerprint density at radius 2 is 1.50 bits per heavy atom. The highest BCUT2D eigenvalue weighted by molar-refractivity contribution is 7.80. The summed E-state index contributed by atoms with van der Waals surface area (Å²) in [4.78, 5) is 0. The fourth-order valence-corrected chi connectivity index (χ4v) is 0.958. The van der Waals surface area contributed by atoms with E-state index >= 15 is 0 Å². The third kappa shape index (κ3) is 7.91. The van der Waals surface area contributed by atoms with E-state index in [2.05, 4.69) is 38.6 Å². The largest absolute Gasteiger partial charge is 0.364 e. The molecule has 6 nitrogen and oxygen atoms in total. The molecule has 0 aromatic carbocycles. The van der Waals surface area contributed by atoms with Gasteiger partial charge in [-0.2, -0.15) is 10.2 Å². The van der Waals surface area contributed by atoms with Crippen LogP contribution in [0.15, 0.2) is 10.2 Å². The summed E-state index contributed by atoms with van der Waals surface area (Å²) in [5, 5.41) is 14.9. The summed E-state index contributed by atoms with van der Waals surface area (Å²) in [6.45, 7) is 6.55. The molecule has 0 amide bonds. The molecule has 0 bridgehead atoms. The van der Waals surface area contributed by atoms with Crippen LogP contribution in [-0.2, 0) is 0 Å². The molecule has 0 heterocycles. The molecule has 0 atom stereocenters. The zero-order chi connectivity index (χ0) is 14.0. The van der Waals surface area contributed by atoms with Crippen molar-refractivity contribution >= 4 is 46.1 Å². The smallest absolute Gasteiger partial charge is 0.186 e. The average molecular weight is 288 g/mol. The predicted molar refractivity (Wildman–Crippen MR) is 85.0 cm³/mol. The van der Waals surface area contributed by atoms with E-state index in [-0.39, 0.29) is 0 Å². The second kappa shape index (κ2) is 9.72. The molecule has 0 radical (unpaired) electrons. The summed E-state index contributed by atoms with van der Waals surface area (Å²) in [5.74, 6) is 0. The molecular weight excluding hydrogens is 268 g/mol. The lowest BCUT2D eigenvalue weighted by Gasteiger charge is -2.07. The Morgan fingerprint density at radius 3 is 1.94 bits per heavy atom. The van der Waals surface area contributed by atoms with Crippen LogP contribution in [0.25, 0.3) is 0 Å². The predicted octanol–water partition coefficient (Wildman–Crippen LogP) is 0.706. The van der Waals surface area contributed by atoms with Gasteiger partial charge in [-0.25, -0.2) is 0 Å². The van der Waals surface area contributed by atoms with Crippen molar-refractivity contribution in [3.8, 4) is 0 Å². The van der Waals surface area contributed by atoms with Crippen molar-refractivity contribution in [3.63, 3.8) is 0 Å². The van der Waals surface area contributed by atoms with E-state index in [1.807, 2.05) is 13.8 Å². The van der Waals surface area contributed by atoms with E-state index in [4.69, 9.17) is 24.4 Å². The fraction of sp³-hybridized carbons (Fsp3) is 0.600.